The van der Waals surface area contributed by atoms with Crippen molar-refractivity contribution in [2.24, 2.45) is 0 Å². The number of carboxylic acid groups (broad SMARTS) is 1. The molecule has 3 heteroatoms. The van der Waals surface area contributed by atoms with Gasteiger partial charge in [0.1, 0.15) is 0 Å². The second kappa shape index (κ2) is 6.94. The number of rotatable bonds is 5. The fourth-order valence-corrected chi connectivity index (χ4v) is 3.14. The van der Waals surface area contributed by atoms with E-state index < -0.39 is 5.97 Å². The molecule has 1 saturated carbocycles. The third-order valence-electron chi connectivity index (χ3n) is 2.87. The highest BCUT2D eigenvalue weighted by Crippen LogP contribution is 2.28. The molecule has 0 amide bonds. The van der Waals surface area contributed by atoms with Gasteiger partial charge in [-0.25, -0.2) is 4.79 Å². The summed E-state index contributed by atoms with van der Waals surface area (Å²) in [4.78, 5) is 10.7. The van der Waals surface area contributed by atoms with Gasteiger partial charge in [-0.2, -0.15) is 11.8 Å². The van der Waals surface area contributed by atoms with Crippen LogP contribution in [0.1, 0.15) is 45.4 Å². The van der Waals surface area contributed by atoms with E-state index in [0.717, 1.165) is 11.0 Å². The zero-order chi connectivity index (χ0) is 11.1. The van der Waals surface area contributed by atoms with E-state index in [0.29, 0.717) is 12.0 Å². The standard InChI is InChI=1S/C12H20O2S/c1-2-10(12(13)14)8-9-15-11-6-4-3-5-7-11/h8,11H,2-7,9H2,1H3,(H,13,14). The van der Waals surface area contributed by atoms with Gasteiger partial charge in [0, 0.05) is 16.6 Å². The fraction of sp³-hybridized carbons (Fsp3) is 0.750. The minimum Gasteiger partial charge on any atom is -0.478 e. The molecule has 0 radical (unpaired) electrons. The van der Waals surface area contributed by atoms with Crippen LogP contribution >= 0.6 is 11.8 Å². The summed E-state index contributed by atoms with van der Waals surface area (Å²) in [7, 11) is 0. The van der Waals surface area contributed by atoms with Crippen molar-refractivity contribution >= 4 is 17.7 Å². The van der Waals surface area contributed by atoms with Crippen LogP contribution in [0.2, 0.25) is 0 Å². The second-order valence-electron chi connectivity index (χ2n) is 3.98. The van der Waals surface area contributed by atoms with Gasteiger partial charge in [0.05, 0.1) is 0 Å². The number of hydrogen-bond donors (Lipinski definition) is 1. The van der Waals surface area contributed by atoms with Gasteiger partial charge in [-0.1, -0.05) is 32.3 Å². The Morgan fingerprint density at radius 1 is 1.40 bits per heavy atom. The molecule has 0 bridgehead atoms. The molecule has 0 aliphatic heterocycles. The summed E-state index contributed by atoms with van der Waals surface area (Å²) in [6.07, 6.45) is 9.20. The maximum Gasteiger partial charge on any atom is 0.331 e. The lowest BCUT2D eigenvalue weighted by Crippen LogP contribution is -2.08. The molecule has 15 heavy (non-hydrogen) atoms. The average Bonchev–Trinajstić information content (AvgIpc) is 2.25. The third kappa shape index (κ3) is 4.74. The van der Waals surface area contributed by atoms with Gasteiger partial charge < -0.3 is 5.11 Å². The summed E-state index contributed by atoms with van der Waals surface area (Å²) in [6, 6.07) is 0. The van der Waals surface area contributed by atoms with Gasteiger partial charge in [0.25, 0.3) is 0 Å². The Morgan fingerprint density at radius 3 is 2.60 bits per heavy atom. The number of thioether (sulfide) groups is 1. The normalized spacial score (nSPS) is 19.1. The smallest absolute Gasteiger partial charge is 0.331 e. The van der Waals surface area contributed by atoms with Crippen LogP contribution in [-0.4, -0.2) is 22.1 Å². The second-order valence-corrected chi connectivity index (χ2v) is 5.31. The van der Waals surface area contributed by atoms with Crippen LogP contribution in [0.5, 0.6) is 0 Å². The Balaban J connectivity index is 2.26. The van der Waals surface area contributed by atoms with E-state index in [1.165, 1.54) is 32.1 Å². The zero-order valence-corrected chi connectivity index (χ0v) is 10.2. The van der Waals surface area contributed by atoms with E-state index in [4.69, 9.17) is 5.11 Å². The van der Waals surface area contributed by atoms with Crippen LogP contribution in [-0.2, 0) is 4.79 Å². The molecule has 1 aliphatic rings. The molecule has 1 rings (SSSR count). The minimum absolute atomic E-state index is 0.554. The summed E-state index contributed by atoms with van der Waals surface area (Å²) < 4.78 is 0. The molecule has 0 spiro atoms. The van der Waals surface area contributed by atoms with Gasteiger partial charge in [-0.05, 0) is 19.3 Å². The maximum atomic E-state index is 10.7. The Labute approximate surface area is 96.1 Å². The Hall–Kier alpha value is -0.440. The molecule has 86 valence electrons. The summed E-state index contributed by atoms with van der Waals surface area (Å²) in [5.74, 6) is 0.0990. The summed E-state index contributed by atoms with van der Waals surface area (Å²) in [5, 5.41) is 9.60. The van der Waals surface area contributed by atoms with Gasteiger partial charge >= 0.3 is 5.97 Å². The predicted molar refractivity (Wildman–Crippen MR) is 65.3 cm³/mol. The molecule has 2 nitrogen and oxygen atoms in total. The molecule has 0 aromatic heterocycles. The van der Waals surface area contributed by atoms with Gasteiger partial charge in [-0.15, -0.1) is 0 Å². The van der Waals surface area contributed by atoms with Crippen molar-refractivity contribution < 1.29 is 9.90 Å². The monoisotopic (exact) mass is 228 g/mol. The van der Waals surface area contributed by atoms with Crippen molar-refractivity contribution in [2.45, 2.75) is 50.7 Å². The molecule has 0 aromatic carbocycles. The lowest BCUT2D eigenvalue weighted by molar-refractivity contribution is -0.132. The molecule has 0 heterocycles. The molecule has 1 N–H and O–H groups in total. The SMILES string of the molecule is CCC(=CCSC1CCCCC1)C(=O)O. The quantitative estimate of drug-likeness (QED) is 0.732. The first-order valence-electron chi connectivity index (χ1n) is 5.78. The number of hydrogen-bond acceptors (Lipinski definition) is 2. The van der Waals surface area contributed by atoms with Gasteiger partial charge in [0.15, 0.2) is 0 Å². The largest absolute Gasteiger partial charge is 0.478 e. The van der Waals surface area contributed by atoms with Gasteiger partial charge in [-0.3, -0.25) is 0 Å². The molecule has 0 aromatic rings. The average molecular weight is 228 g/mol. The van der Waals surface area contributed by atoms with Crippen LogP contribution < -0.4 is 0 Å². The number of carbonyl (C=O) groups is 1. The molecule has 1 fully saturated rings. The van der Waals surface area contributed by atoms with E-state index in [-0.39, 0.29) is 0 Å². The molecular formula is C12H20O2S. The van der Waals surface area contributed by atoms with Crippen molar-refractivity contribution in [3.8, 4) is 0 Å². The number of aliphatic carboxylic acids is 1. The highest BCUT2D eigenvalue weighted by molar-refractivity contribution is 8.00. The van der Waals surface area contributed by atoms with E-state index in [2.05, 4.69) is 0 Å². The van der Waals surface area contributed by atoms with Crippen LogP contribution in [0.15, 0.2) is 11.6 Å². The van der Waals surface area contributed by atoms with Crippen LogP contribution in [0.4, 0.5) is 0 Å². The lowest BCUT2D eigenvalue weighted by atomic mass is 10.0. The van der Waals surface area contributed by atoms with Crippen molar-refractivity contribution in [2.75, 3.05) is 5.75 Å². The molecule has 1 aliphatic carbocycles. The zero-order valence-electron chi connectivity index (χ0n) is 9.37. The van der Waals surface area contributed by atoms with Gasteiger partial charge in [0.2, 0.25) is 0 Å². The first-order valence-corrected chi connectivity index (χ1v) is 6.82. The molecule has 0 saturated heterocycles. The summed E-state index contributed by atoms with van der Waals surface area (Å²) in [5.41, 5.74) is 0.554. The van der Waals surface area contributed by atoms with Crippen molar-refractivity contribution in [3.05, 3.63) is 11.6 Å². The molecule has 0 unspecified atom stereocenters. The maximum absolute atomic E-state index is 10.7. The highest BCUT2D eigenvalue weighted by atomic mass is 32.2. The third-order valence-corrected chi connectivity index (χ3v) is 4.17. The van der Waals surface area contributed by atoms with E-state index in [1.807, 2.05) is 24.8 Å². The Morgan fingerprint density at radius 2 is 2.07 bits per heavy atom. The Kier molecular flexibility index (Phi) is 5.84. The summed E-state index contributed by atoms with van der Waals surface area (Å²) >= 11 is 1.92. The minimum atomic E-state index is -0.762. The Bertz CT molecular complexity index is 230. The first-order chi connectivity index (χ1) is 7.24. The number of carboxylic acids is 1. The van der Waals surface area contributed by atoms with Crippen molar-refractivity contribution in [3.63, 3.8) is 0 Å². The van der Waals surface area contributed by atoms with Crippen molar-refractivity contribution in [1.29, 1.82) is 0 Å². The predicted octanol–water partition coefficient (Wildman–Crippen LogP) is 3.47. The summed E-state index contributed by atoms with van der Waals surface area (Å²) in [6.45, 7) is 1.89. The highest BCUT2D eigenvalue weighted by Gasteiger charge is 2.13. The fourth-order valence-electron chi connectivity index (χ4n) is 1.90. The van der Waals surface area contributed by atoms with E-state index in [1.54, 1.807) is 0 Å². The molecular weight excluding hydrogens is 208 g/mol. The first kappa shape index (κ1) is 12.6. The topological polar surface area (TPSA) is 37.3 Å². The van der Waals surface area contributed by atoms with E-state index in [9.17, 15) is 4.79 Å². The molecule has 0 atom stereocenters. The van der Waals surface area contributed by atoms with Crippen LogP contribution in [0.3, 0.4) is 0 Å². The van der Waals surface area contributed by atoms with Crippen LogP contribution in [0, 0.1) is 0 Å². The lowest BCUT2D eigenvalue weighted by Gasteiger charge is -2.20. The van der Waals surface area contributed by atoms with E-state index >= 15 is 0 Å². The van der Waals surface area contributed by atoms with Crippen LogP contribution in [0.25, 0.3) is 0 Å². The van der Waals surface area contributed by atoms with Crippen molar-refractivity contribution in [1.82, 2.24) is 0 Å².